The van der Waals surface area contributed by atoms with E-state index in [-0.39, 0.29) is 0 Å². The fourth-order valence-electron chi connectivity index (χ4n) is 0.830. The molecule has 0 aromatic carbocycles. The highest BCUT2D eigenvalue weighted by molar-refractivity contribution is 7.99. The van der Waals surface area contributed by atoms with Gasteiger partial charge in [0.25, 0.3) is 5.91 Å². The van der Waals surface area contributed by atoms with Crippen molar-refractivity contribution in [2.24, 2.45) is 5.73 Å². The Morgan fingerprint density at radius 3 is 3.08 bits per heavy atom. The Kier molecular flexibility index (Phi) is 3.10. The van der Waals surface area contributed by atoms with Crippen LogP contribution in [-0.4, -0.2) is 16.6 Å². The Morgan fingerprint density at radius 1 is 1.75 bits per heavy atom. The van der Waals surface area contributed by atoms with Crippen LogP contribution in [0.5, 0.6) is 0 Å². The third-order valence-corrected chi connectivity index (χ3v) is 2.21. The number of nitrogens with zero attached hydrogens (tertiary/aromatic N) is 1. The number of carbonyl (C=O) groups is 1. The molecule has 0 aliphatic rings. The van der Waals surface area contributed by atoms with Gasteiger partial charge in [-0.05, 0) is 17.9 Å². The second-order valence-electron chi connectivity index (χ2n) is 2.15. The van der Waals surface area contributed by atoms with Crippen LogP contribution in [0, 0.1) is 0 Å². The number of hydrogen-bond acceptors (Lipinski definition) is 3. The van der Waals surface area contributed by atoms with Gasteiger partial charge in [0.15, 0.2) is 0 Å². The summed E-state index contributed by atoms with van der Waals surface area (Å²) < 4.78 is 0. The van der Waals surface area contributed by atoms with Gasteiger partial charge in [-0.25, -0.2) is 4.98 Å². The summed E-state index contributed by atoms with van der Waals surface area (Å²) >= 11 is 1.52. The molecule has 4 heteroatoms. The lowest BCUT2D eigenvalue weighted by Gasteiger charge is -2.01. The number of carbonyl (C=O) groups excluding carboxylic acids is 1. The van der Waals surface area contributed by atoms with E-state index in [2.05, 4.69) is 4.98 Å². The van der Waals surface area contributed by atoms with Crippen molar-refractivity contribution in [2.45, 2.75) is 11.9 Å². The molecule has 0 saturated carbocycles. The van der Waals surface area contributed by atoms with Crippen LogP contribution in [0.25, 0.3) is 0 Å². The van der Waals surface area contributed by atoms with Gasteiger partial charge in [0.05, 0.1) is 5.56 Å². The summed E-state index contributed by atoms with van der Waals surface area (Å²) in [5, 5.41) is 0.715. The molecule has 0 bridgehead atoms. The fraction of sp³-hybridized carbons (Fsp3) is 0.250. The molecule has 0 spiro atoms. The van der Waals surface area contributed by atoms with E-state index in [9.17, 15) is 4.79 Å². The maximum atomic E-state index is 10.9. The van der Waals surface area contributed by atoms with Gasteiger partial charge in [-0.3, -0.25) is 4.79 Å². The lowest BCUT2D eigenvalue weighted by Crippen LogP contribution is -2.12. The van der Waals surface area contributed by atoms with E-state index in [1.165, 1.54) is 11.8 Å². The molecule has 3 nitrogen and oxygen atoms in total. The molecule has 1 heterocycles. The summed E-state index contributed by atoms with van der Waals surface area (Å²) in [5.41, 5.74) is 5.66. The number of rotatable bonds is 3. The smallest absolute Gasteiger partial charge is 0.251 e. The van der Waals surface area contributed by atoms with Crippen molar-refractivity contribution in [2.75, 3.05) is 5.75 Å². The van der Waals surface area contributed by atoms with E-state index < -0.39 is 5.91 Å². The molecule has 64 valence electrons. The number of thioether (sulfide) groups is 1. The van der Waals surface area contributed by atoms with Crippen LogP contribution in [0.4, 0.5) is 0 Å². The first-order valence-electron chi connectivity index (χ1n) is 3.63. The second kappa shape index (κ2) is 4.11. The zero-order valence-corrected chi connectivity index (χ0v) is 7.60. The first-order chi connectivity index (χ1) is 5.75. The summed E-state index contributed by atoms with van der Waals surface area (Å²) in [4.78, 5) is 14.9. The zero-order chi connectivity index (χ0) is 8.97. The summed E-state index contributed by atoms with van der Waals surface area (Å²) in [5.74, 6) is 0.469. The van der Waals surface area contributed by atoms with Gasteiger partial charge in [-0.2, -0.15) is 0 Å². The van der Waals surface area contributed by atoms with Crippen LogP contribution in [0.15, 0.2) is 23.4 Å². The van der Waals surface area contributed by atoms with E-state index in [1.807, 2.05) is 6.92 Å². The Hall–Kier alpha value is -1.03. The summed E-state index contributed by atoms with van der Waals surface area (Å²) in [6.45, 7) is 2.00. The third-order valence-electron chi connectivity index (χ3n) is 1.32. The minimum Gasteiger partial charge on any atom is -0.366 e. The normalized spacial score (nSPS) is 9.75. The average molecular weight is 182 g/mol. The van der Waals surface area contributed by atoms with Gasteiger partial charge >= 0.3 is 0 Å². The number of amides is 1. The lowest BCUT2D eigenvalue weighted by atomic mass is 10.3. The molecule has 2 N–H and O–H groups in total. The molecule has 0 aliphatic heterocycles. The van der Waals surface area contributed by atoms with Gasteiger partial charge in [-0.15, -0.1) is 11.8 Å². The number of hydrogen-bond donors (Lipinski definition) is 1. The topological polar surface area (TPSA) is 56.0 Å². The van der Waals surface area contributed by atoms with Crippen molar-refractivity contribution in [1.29, 1.82) is 0 Å². The highest BCUT2D eigenvalue weighted by Crippen LogP contribution is 2.18. The highest BCUT2D eigenvalue weighted by Gasteiger charge is 2.07. The maximum absolute atomic E-state index is 10.9. The Balaban J connectivity index is 3.00. The van der Waals surface area contributed by atoms with Crippen LogP contribution in [0.3, 0.4) is 0 Å². The SMILES string of the molecule is CCSc1ncccc1C(N)=O. The highest BCUT2D eigenvalue weighted by atomic mass is 32.2. The van der Waals surface area contributed by atoms with Gasteiger partial charge in [0.2, 0.25) is 0 Å². The number of pyridine rings is 1. The first-order valence-corrected chi connectivity index (χ1v) is 4.62. The molecular weight excluding hydrogens is 172 g/mol. The van der Waals surface area contributed by atoms with Crippen molar-refractivity contribution < 1.29 is 4.79 Å². The molecular formula is C8H10N2OS. The molecule has 1 aromatic rings. The van der Waals surface area contributed by atoms with E-state index in [0.29, 0.717) is 10.6 Å². The van der Waals surface area contributed by atoms with Crippen molar-refractivity contribution in [1.82, 2.24) is 4.98 Å². The second-order valence-corrected chi connectivity index (χ2v) is 3.41. The van der Waals surface area contributed by atoms with Crippen molar-refractivity contribution in [3.8, 4) is 0 Å². The lowest BCUT2D eigenvalue weighted by molar-refractivity contribution is 0.0997. The van der Waals surface area contributed by atoms with Gasteiger partial charge in [0.1, 0.15) is 5.03 Å². The predicted octanol–water partition coefficient (Wildman–Crippen LogP) is 1.29. The number of nitrogens with two attached hydrogens (primary N) is 1. The van der Waals surface area contributed by atoms with Crippen molar-refractivity contribution in [3.63, 3.8) is 0 Å². The molecule has 0 radical (unpaired) electrons. The molecule has 1 rings (SSSR count). The van der Waals surface area contributed by atoms with Crippen LogP contribution < -0.4 is 5.73 Å². The monoisotopic (exact) mass is 182 g/mol. The van der Waals surface area contributed by atoms with E-state index >= 15 is 0 Å². The molecule has 0 saturated heterocycles. The van der Waals surface area contributed by atoms with E-state index in [4.69, 9.17) is 5.73 Å². The Labute approximate surface area is 75.4 Å². The van der Waals surface area contributed by atoms with Gasteiger partial charge < -0.3 is 5.73 Å². The van der Waals surface area contributed by atoms with E-state index in [0.717, 1.165) is 5.75 Å². The summed E-state index contributed by atoms with van der Waals surface area (Å²) in [6, 6.07) is 3.40. The molecule has 1 aromatic heterocycles. The minimum atomic E-state index is -0.418. The minimum absolute atomic E-state index is 0.418. The molecule has 0 atom stereocenters. The van der Waals surface area contributed by atoms with Crippen LogP contribution in [0.1, 0.15) is 17.3 Å². The number of aromatic nitrogens is 1. The predicted molar refractivity (Wildman–Crippen MR) is 49.2 cm³/mol. The Bertz CT molecular complexity index is 288. The molecule has 0 unspecified atom stereocenters. The summed E-state index contributed by atoms with van der Waals surface area (Å²) in [7, 11) is 0. The largest absolute Gasteiger partial charge is 0.366 e. The van der Waals surface area contributed by atoms with Gasteiger partial charge in [0, 0.05) is 6.20 Å². The van der Waals surface area contributed by atoms with Crippen molar-refractivity contribution >= 4 is 17.7 Å². The quantitative estimate of drug-likeness (QED) is 0.717. The summed E-state index contributed by atoms with van der Waals surface area (Å²) in [6.07, 6.45) is 1.66. The van der Waals surface area contributed by atoms with Crippen LogP contribution >= 0.6 is 11.8 Å². The number of primary amides is 1. The molecule has 1 amide bonds. The maximum Gasteiger partial charge on any atom is 0.251 e. The van der Waals surface area contributed by atoms with E-state index in [1.54, 1.807) is 18.3 Å². The fourth-order valence-corrected chi connectivity index (χ4v) is 1.56. The zero-order valence-electron chi connectivity index (χ0n) is 6.78. The third kappa shape index (κ3) is 1.98. The molecule has 0 fully saturated rings. The Morgan fingerprint density at radius 2 is 2.50 bits per heavy atom. The first kappa shape index (κ1) is 9.06. The van der Waals surface area contributed by atoms with Crippen LogP contribution in [0.2, 0.25) is 0 Å². The van der Waals surface area contributed by atoms with Gasteiger partial charge in [-0.1, -0.05) is 6.92 Å². The average Bonchev–Trinajstić information content (AvgIpc) is 2.05. The molecule has 12 heavy (non-hydrogen) atoms. The molecule has 0 aliphatic carbocycles. The van der Waals surface area contributed by atoms with Crippen LogP contribution in [-0.2, 0) is 0 Å². The van der Waals surface area contributed by atoms with Crippen molar-refractivity contribution in [3.05, 3.63) is 23.9 Å². The standard InChI is InChI=1S/C8H10N2OS/c1-2-12-8-6(7(9)11)4-3-5-10-8/h3-5H,2H2,1H3,(H2,9,11).